The fourth-order valence-electron chi connectivity index (χ4n) is 3.31. The summed E-state index contributed by atoms with van der Waals surface area (Å²) in [6, 6.07) is 14.8. The Morgan fingerprint density at radius 2 is 1.74 bits per heavy atom. The highest BCUT2D eigenvalue weighted by atomic mass is 32.2. The van der Waals surface area contributed by atoms with Gasteiger partial charge in [0.1, 0.15) is 0 Å². The molecule has 2 aliphatic rings. The van der Waals surface area contributed by atoms with E-state index in [2.05, 4.69) is 5.32 Å². The van der Waals surface area contributed by atoms with E-state index in [-0.39, 0.29) is 23.9 Å². The van der Waals surface area contributed by atoms with Crippen LogP contribution in [0.25, 0.3) is 0 Å². The van der Waals surface area contributed by atoms with Crippen molar-refractivity contribution in [1.29, 1.82) is 0 Å². The summed E-state index contributed by atoms with van der Waals surface area (Å²) in [7, 11) is -3.70. The van der Waals surface area contributed by atoms with Crippen molar-refractivity contribution in [3.05, 3.63) is 60.2 Å². The third-order valence-corrected chi connectivity index (χ3v) is 7.09. The fourth-order valence-corrected chi connectivity index (χ4v) is 4.76. The van der Waals surface area contributed by atoms with Gasteiger partial charge in [-0.1, -0.05) is 36.4 Å². The molecule has 1 heterocycles. The number of nitrogens with zero attached hydrogens (tertiary/aromatic N) is 1. The van der Waals surface area contributed by atoms with Gasteiger partial charge < -0.3 is 14.8 Å². The van der Waals surface area contributed by atoms with Crippen LogP contribution in [0.15, 0.2) is 59.5 Å². The van der Waals surface area contributed by atoms with Crippen LogP contribution in [-0.2, 0) is 29.1 Å². The van der Waals surface area contributed by atoms with Crippen molar-refractivity contribution >= 4 is 27.6 Å². The normalized spacial score (nSPS) is 18.2. The van der Waals surface area contributed by atoms with Gasteiger partial charge in [-0.05, 0) is 31.0 Å². The predicted molar refractivity (Wildman–Crippen MR) is 113 cm³/mol. The molecule has 1 aliphatic heterocycles. The number of carbonyl (C=O) groups excluding carboxylic acids is 2. The lowest BCUT2D eigenvalue weighted by atomic mass is 10.1. The van der Waals surface area contributed by atoms with Crippen molar-refractivity contribution in [1.82, 2.24) is 4.31 Å². The lowest BCUT2D eigenvalue weighted by molar-refractivity contribution is -0.156. The molecule has 2 aromatic rings. The molecule has 31 heavy (non-hydrogen) atoms. The number of nitrogens with one attached hydrogen (secondary N) is 1. The molecule has 0 radical (unpaired) electrons. The monoisotopic (exact) mass is 444 g/mol. The minimum Gasteiger partial charge on any atom is -0.447 e. The quantitative estimate of drug-likeness (QED) is 0.658. The van der Waals surface area contributed by atoms with Gasteiger partial charge in [0.25, 0.3) is 5.91 Å². The van der Waals surface area contributed by atoms with Gasteiger partial charge in [0.2, 0.25) is 16.1 Å². The molecule has 0 unspecified atom stereocenters. The molecule has 8 nitrogen and oxygen atoms in total. The summed E-state index contributed by atoms with van der Waals surface area (Å²) in [6.07, 6.45) is 0.418. The highest BCUT2D eigenvalue weighted by Gasteiger charge is 2.35. The average molecular weight is 445 g/mol. The molecule has 1 N–H and O–H groups in total. The van der Waals surface area contributed by atoms with E-state index >= 15 is 0 Å². The van der Waals surface area contributed by atoms with Crippen LogP contribution in [0.1, 0.15) is 24.5 Å². The van der Waals surface area contributed by atoms with E-state index in [0.717, 1.165) is 12.8 Å². The number of ether oxygens (including phenoxy) is 2. The zero-order valence-corrected chi connectivity index (χ0v) is 17.7. The van der Waals surface area contributed by atoms with Crippen molar-refractivity contribution < 1.29 is 27.5 Å². The predicted octanol–water partition coefficient (Wildman–Crippen LogP) is 2.34. The molecule has 9 heteroatoms. The summed E-state index contributed by atoms with van der Waals surface area (Å²) in [5.41, 5.74) is 0.855. The van der Waals surface area contributed by atoms with E-state index in [1.54, 1.807) is 42.5 Å². The van der Waals surface area contributed by atoms with Gasteiger partial charge in [-0.25, -0.2) is 8.42 Å². The van der Waals surface area contributed by atoms with Crippen LogP contribution in [0.5, 0.6) is 0 Å². The fraction of sp³-hybridized carbons (Fsp3) is 0.364. The first-order valence-electron chi connectivity index (χ1n) is 10.2. The molecule has 0 bridgehead atoms. The number of morpholine rings is 1. The number of rotatable bonds is 7. The Balaban J connectivity index is 1.53. The van der Waals surface area contributed by atoms with Gasteiger partial charge in [0.05, 0.1) is 24.0 Å². The zero-order chi connectivity index (χ0) is 21.8. The van der Waals surface area contributed by atoms with Crippen LogP contribution in [0.3, 0.4) is 0 Å². The van der Waals surface area contributed by atoms with E-state index < -0.39 is 28.0 Å². The molecule has 1 amide bonds. The number of hydrogen-bond acceptors (Lipinski definition) is 6. The van der Waals surface area contributed by atoms with E-state index in [0.29, 0.717) is 24.5 Å². The number of benzene rings is 2. The Labute approximate surface area is 181 Å². The zero-order valence-electron chi connectivity index (χ0n) is 16.9. The maximum atomic E-state index is 13.0. The third kappa shape index (κ3) is 5.12. The average Bonchev–Trinajstić information content (AvgIpc) is 3.64. The second kappa shape index (κ2) is 9.17. The SMILES string of the molecule is O=C(O[C@H](C(=O)Nc1cccc(S(=O)(=O)N2CCOCC2)c1)c1ccccc1)C1CC1. The lowest BCUT2D eigenvalue weighted by Crippen LogP contribution is -2.40. The third-order valence-electron chi connectivity index (χ3n) is 5.19. The second-order valence-corrected chi connectivity index (χ2v) is 9.47. The summed E-state index contributed by atoms with van der Waals surface area (Å²) in [6.45, 7) is 1.26. The summed E-state index contributed by atoms with van der Waals surface area (Å²) >= 11 is 0. The number of anilines is 1. The first-order valence-corrected chi connectivity index (χ1v) is 11.6. The molecule has 1 saturated heterocycles. The van der Waals surface area contributed by atoms with Crippen LogP contribution >= 0.6 is 0 Å². The Morgan fingerprint density at radius 3 is 2.42 bits per heavy atom. The standard InChI is InChI=1S/C22H24N2O6S/c25-21(20(16-5-2-1-3-6-16)30-22(26)17-9-10-17)23-18-7-4-8-19(15-18)31(27,28)24-11-13-29-14-12-24/h1-8,15,17,20H,9-14H2,(H,23,25)/t20-/m0/s1. The van der Waals surface area contributed by atoms with Crippen LogP contribution in [0.2, 0.25) is 0 Å². The first-order chi connectivity index (χ1) is 14.9. The Kier molecular flexibility index (Phi) is 6.35. The Bertz CT molecular complexity index is 1050. The molecule has 1 atom stereocenters. The molecule has 1 saturated carbocycles. The molecule has 2 aromatic carbocycles. The van der Waals surface area contributed by atoms with Crippen LogP contribution in [0, 0.1) is 5.92 Å². The summed E-state index contributed by atoms with van der Waals surface area (Å²) in [5.74, 6) is -1.09. The summed E-state index contributed by atoms with van der Waals surface area (Å²) in [5, 5.41) is 2.70. The second-order valence-electron chi connectivity index (χ2n) is 7.54. The van der Waals surface area contributed by atoms with Gasteiger partial charge >= 0.3 is 5.97 Å². The topological polar surface area (TPSA) is 102 Å². The van der Waals surface area contributed by atoms with Gasteiger partial charge in [0, 0.05) is 24.3 Å². The molecule has 2 fully saturated rings. The highest BCUT2D eigenvalue weighted by molar-refractivity contribution is 7.89. The van der Waals surface area contributed by atoms with Crippen LogP contribution < -0.4 is 5.32 Å². The van der Waals surface area contributed by atoms with Gasteiger partial charge in [0.15, 0.2) is 0 Å². The highest BCUT2D eigenvalue weighted by Crippen LogP contribution is 2.33. The number of esters is 1. The molecular formula is C22H24N2O6S. The van der Waals surface area contributed by atoms with Crippen molar-refractivity contribution in [2.75, 3.05) is 31.6 Å². The number of hydrogen-bond donors (Lipinski definition) is 1. The number of amides is 1. The van der Waals surface area contributed by atoms with Crippen molar-refractivity contribution in [2.45, 2.75) is 23.8 Å². The maximum absolute atomic E-state index is 13.0. The summed E-state index contributed by atoms with van der Waals surface area (Å²) < 4.78 is 37.9. The van der Waals surface area contributed by atoms with E-state index in [1.165, 1.54) is 16.4 Å². The van der Waals surface area contributed by atoms with Gasteiger partial charge in [-0.2, -0.15) is 4.31 Å². The smallest absolute Gasteiger partial charge is 0.310 e. The Morgan fingerprint density at radius 1 is 1.03 bits per heavy atom. The molecule has 4 rings (SSSR count). The summed E-state index contributed by atoms with van der Waals surface area (Å²) in [4.78, 5) is 25.3. The maximum Gasteiger partial charge on any atom is 0.310 e. The minimum atomic E-state index is -3.70. The first kappa shape index (κ1) is 21.5. The van der Waals surface area contributed by atoms with Crippen molar-refractivity contribution in [3.63, 3.8) is 0 Å². The van der Waals surface area contributed by atoms with E-state index in [9.17, 15) is 18.0 Å². The van der Waals surface area contributed by atoms with Crippen molar-refractivity contribution in [3.8, 4) is 0 Å². The van der Waals surface area contributed by atoms with E-state index in [4.69, 9.17) is 9.47 Å². The Hall–Kier alpha value is -2.75. The molecule has 1 aliphatic carbocycles. The van der Waals surface area contributed by atoms with Crippen LogP contribution in [-0.4, -0.2) is 50.9 Å². The molecule has 0 spiro atoms. The molecule has 0 aromatic heterocycles. The molecule has 164 valence electrons. The van der Waals surface area contributed by atoms with E-state index in [1.807, 2.05) is 0 Å². The van der Waals surface area contributed by atoms with Gasteiger partial charge in [-0.3, -0.25) is 9.59 Å². The van der Waals surface area contributed by atoms with Crippen LogP contribution in [0.4, 0.5) is 5.69 Å². The number of sulfonamides is 1. The number of carbonyl (C=O) groups is 2. The van der Waals surface area contributed by atoms with Crippen molar-refractivity contribution in [2.24, 2.45) is 5.92 Å². The largest absolute Gasteiger partial charge is 0.447 e. The lowest BCUT2D eigenvalue weighted by Gasteiger charge is -2.26. The van der Waals surface area contributed by atoms with Gasteiger partial charge in [-0.15, -0.1) is 0 Å². The molecular weight excluding hydrogens is 420 g/mol. The minimum absolute atomic E-state index is 0.0819.